The van der Waals surface area contributed by atoms with Crippen LogP contribution in [0.4, 0.5) is 19.0 Å². The number of rotatable bonds is 3. The Hall–Kier alpha value is -2.65. The van der Waals surface area contributed by atoms with Crippen LogP contribution in [0.5, 0.6) is 0 Å². The molecule has 0 atom stereocenters. The molecule has 0 saturated carbocycles. The predicted octanol–water partition coefficient (Wildman–Crippen LogP) is 2.40. The van der Waals surface area contributed by atoms with Crippen LogP contribution in [0.15, 0.2) is 6.07 Å². The maximum atomic E-state index is 12.8. The number of aromatic amines is 1. The van der Waals surface area contributed by atoms with Crippen LogP contribution in [0.3, 0.4) is 0 Å². The van der Waals surface area contributed by atoms with Crippen molar-refractivity contribution in [1.82, 2.24) is 29.8 Å². The molecule has 0 bridgehead atoms. The second-order valence-corrected chi connectivity index (χ2v) is 5.19. The summed E-state index contributed by atoms with van der Waals surface area (Å²) in [7, 11) is 0. The van der Waals surface area contributed by atoms with Crippen LogP contribution >= 0.6 is 0 Å². The van der Waals surface area contributed by atoms with Gasteiger partial charge in [0.1, 0.15) is 5.82 Å². The van der Waals surface area contributed by atoms with Crippen LogP contribution < -0.4 is 5.32 Å². The predicted molar refractivity (Wildman–Crippen MR) is 75.9 cm³/mol. The Morgan fingerprint density at radius 2 is 1.96 bits per heavy atom. The maximum Gasteiger partial charge on any atom is 0.453 e. The molecule has 23 heavy (non-hydrogen) atoms. The molecule has 122 valence electrons. The molecule has 0 aliphatic heterocycles. The number of anilines is 1. The Bertz CT molecular complexity index is 843. The largest absolute Gasteiger partial charge is 0.453 e. The first-order valence-corrected chi connectivity index (χ1v) is 6.81. The normalized spacial score (nSPS) is 12.1. The van der Waals surface area contributed by atoms with Crippen LogP contribution in [-0.2, 0) is 12.7 Å². The summed E-state index contributed by atoms with van der Waals surface area (Å²) < 4.78 is 39.4. The third-order valence-electron chi connectivity index (χ3n) is 3.42. The van der Waals surface area contributed by atoms with Gasteiger partial charge >= 0.3 is 6.18 Å². The van der Waals surface area contributed by atoms with E-state index in [2.05, 4.69) is 30.6 Å². The number of aromatic nitrogens is 6. The average Bonchev–Trinajstić information content (AvgIpc) is 3.00. The molecule has 3 heterocycles. The van der Waals surface area contributed by atoms with Gasteiger partial charge in [0.2, 0.25) is 0 Å². The van der Waals surface area contributed by atoms with E-state index in [-0.39, 0.29) is 5.78 Å². The van der Waals surface area contributed by atoms with Gasteiger partial charge in [0.05, 0.1) is 5.69 Å². The molecule has 0 radical (unpaired) electrons. The van der Waals surface area contributed by atoms with Crippen molar-refractivity contribution in [3.8, 4) is 0 Å². The Morgan fingerprint density at radius 1 is 1.22 bits per heavy atom. The van der Waals surface area contributed by atoms with Gasteiger partial charge in [-0.05, 0) is 20.8 Å². The first-order chi connectivity index (χ1) is 10.8. The molecular weight excluding hydrogens is 311 g/mol. The molecule has 0 spiro atoms. The number of hydrogen-bond donors (Lipinski definition) is 2. The second-order valence-electron chi connectivity index (χ2n) is 5.19. The van der Waals surface area contributed by atoms with E-state index in [4.69, 9.17) is 0 Å². The van der Waals surface area contributed by atoms with E-state index in [1.807, 2.05) is 13.8 Å². The van der Waals surface area contributed by atoms with Crippen molar-refractivity contribution in [2.75, 3.05) is 5.32 Å². The van der Waals surface area contributed by atoms with E-state index in [0.717, 1.165) is 21.5 Å². The minimum Gasteiger partial charge on any atom is -0.366 e. The molecule has 0 amide bonds. The highest BCUT2D eigenvalue weighted by molar-refractivity contribution is 5.46. The van der Waals surface area contributed by atoms with Gasteiger partial charge in [-0.2, -0.15) is 27.8 Å². The van der Waals surface area contributed by atoms with E-state index in [1.165, 1.54) is 0 Å². The van der Waals surface area contributed by atoms with Gasteiger partial charge in [-0.25, -0.2) is 4.98 Å². The van der Waals surface area contributed by atoms with Crippen LogP contribution in [-0.4, -0.2) is 29.8 Å². The number of alkyl halides is 3. The highest BCUT2D eigenvalue weighted by Gasteiger charge is 2.36. The lowest BCUT2D eigenvalue weighted by Crippen LogP contribution is -2.10. The fraction of sp³-hybridized carbons (Fsp3) is 0.385. The summed E-state index contributed by atoms with van der Waals surface area (Å²) in [6.45, 7) is 5.81. The zero-order valence-corrected chi connectivity index (χ0v) is 12.7. The van der Waals surface area contributed by atoms with Gasteiger partial charge in [-0.15, -0.1) is 5.10 Å². The van der Waals surface area contributed by atoms with E-state index in [1.54, 1.807) is 13.0 Å². The summed E-state index contributed by atoms with van der Waals surface area (Å²) >= 11 is 0. The molecule has 7 nitrogen and oxygen atoms in total. The maximum absolute atomic E-state index is 12.8. The number of hydrogen-bond acceptors (Lipinski definition) is 5. The van der Waals surface area contributed by atoms with Gasteiger partial charge in [0.25, 0.3) is 11.6 Å². The Morgan fingerprint density at radius 3 is 2.57 bits per heavy atom. The van der Waals surface area contributed by atoms with Crippen LogP contribution in [0.25, 0.3) is 5.78 Å². The number of aryl methyl sites for hydroxylation is 3. The number of halogens is 3. The van der Waals surface area contributed by atoms with Gasteiger partial charge in [-0.1, -0.05) is 0 Å². The molecule has 0 aromatic carbocycles. The smallest absolute Gasteiger partial charge is 0.366 e. The number of fused-ring (bicyclic) bond motifs is 1. The molecule has 0 aliphatic carbocycles. The minimum atomic E-state index is -4.61. The third-order valence-corrected chi connectivity index (χ3v) is 3.42. The van der Waals surface area contributed by atoms with Gasteiger partial charge in [0, 0.05) is 29.6 Å². The van der Waals surface area contributed by atoms with Crippen molar-refractivity contribution >= 4 is 11.6 Å². The molecule has 2 N–H and O–H groups in total. The first-order valence-electron chi connectivity index (χ1n) is 6.81. The zero-order chi connectivity index (χ0) is 16.8. The molecule has 3 aromatic heterocycles. The zero-order valence-electron chi connectivity index (χ0n) is 12.7. The summed E-state index contributed by atoms with van der Waals surface area (Å²) in [5.74, 6) is -0.926. The third kappa shape index (κ3) is 2.83. The molecule has 10 heteroatoms. The molecule has 0 aliphatic rings. The molecule has 0 fully saturated rings. The lowest BCUT2D eigenvalue weighted by atomic mass is 10.2. The van der Waals surface area contributed by atoms with Crippen LogP contribution in [0, 0.1) is 20.8 Å². The molecular formula is C13H14F3N7. The van der Waals surface area contributed by atoms with Crippen LogP contribution in [0.1, 0.15) is 28.5 Å². The SMILES string of the molecule is Cc1cc(NCc2c(C)n[nH]c2C)n2nc(C(F)(F)F)nc2n1. The highest BCUT2D eigenvalue weighted by Crippen LogP contribution is 2.27. The van der Waals surface area contributed by atoms with E-state index >= 15 is 0 Å². The Kier molecular flexibility index (Phi) is 3.46. The topological polar surface area (TPSA) is 83.8 Å². The second kappa shape index (κ2) is 5.21. The summed E-state index contributed by atoms with van der Waals surface area (Å²) in [5, 5.41) is 13.5. The number of nitrogens with zero attached hydrogens (tertiary/aromatic N) is 5. The van der Waals surface area contributed by atoms with Gasteiger partial charge in [-0.3, -0.25) is 5.10 Å². The fourth-order valence-corrected chi connectivity index (χ4v) is 2.25. The van der Waals surface area contributed by atoms with Crippen molar-refractivity contribution in [3.05, 3.63) is 34.5 Å². The quantitative estimate of drug-likeness (QED) is 0.772. The number of nitrogens with one attached hydrogen (secondary N) is 2. The lowest BCUT2D eigenvalue weighted by Gasteiger charge is -2.08. The number of H-pyrrole nitrogens is 1. The molecule has 0 saturated heterocycles. The summed E-state index contributed by atoms with van der Waals surface area (Å²) in [5.41, 5.74) is 3.21. The molecule has 0 unspecified atom stereocenters. The van der Waals surface area contributed by atoms with Crippen LogP contribution in [0.2, 0.25) is 0 Å². The van der Waals surface area contributed by atoms with Crippen molar-refractivity contribution in [2.45, 2.75) is 33.5 Å². The Labute approximate surface area is 129 Å². The lowest BCUT2D eigenvalue weighted by molar-refractivity contribution is -0.144. The average molecular weight is 325 g/mol. The van der Waals surface area contributed by atoms with Crippen molar-refractivity contribution in [2.24, 2.45) is 0 Å². The van der Waals surface area contributed by atoms with E-state index in [0.29, 0.717) is 18.1 Å². The van der Waals surface area contributed by atoms with E-state index in [9.17, 15) is 13.2 Å². The fourth-order valence-electron chi connectivity index (χ4n) is 2.25. The minimum absolute atomic E-state index is 0.0968. The highest BCUT2D eigenvalue weighted by atomic mass is 19.4. The van der Waals surface area contributed by atoms with Crippen molar-refractivity contribution < 1.29 is 13.2 Å². The standard InChI is InChI=1S/C13H14F3N7/c1-6-4-10(17-5-9-7(2)20-21-8(9)3)23-12(18-6)19-11(22-23)13(14,15)16/h4,17H,5H2,1-3H3,(H,20,21). The summed E-state index contributed by atoms with van der Waals surface area (Å²) in [4.78, 5) is 7.42. The Balaban J connectivity index is 1.98. The van der Waals surface area contributed by atoms with E-state index < -0.39 is 12.0 Å². The molecule has 3 aromatic rings. The summed E-state index contributed by atoms with van der Waals surface area (Å²) in [6, 6.07) is 1.62. The monoisotopic (exact) mass is 325 g/mol. The first kappa shape index (κ1) is 15.3. The van der Waals surface area contributed by atoms with Gasteiger partial charge in [0.15, 0.2) is 0 Å². The summed E-state index contributed by atoms with van der Waals surface area (Å²) in [6.07, 6.45) is -4.61. The van der Waals surface area contributed by atoms with Gasteiger partial charge < -0.3 is 5.32 Å². The van der Waals surface area contributed by atoms with Crippen molar-refractivity contribution in [3.63, 3.8) is 0 Å². The molecule has 3 rings (SSSR count). The van der Waals surface area contributed by atoms with Crippen molar-refractivity contribution in [1.29, 1.82) is 0 Å².